The lowest BCUT2D eigenvalue weighted by molar-refractivity contribution is 0.477. The molecular formula is C57H41N3O. The van der Waals surface area contributed by atoms with E-state index in [1.807, 2.05) is 12.1 Å². The van der Waals surface area contributed by atoms with Crippen LogP contribution in [0.4, 0.5) is 34.1 Å². The predicted octanol–water partition coefficient (Wildman–Crippen LogP) is 15.8. The van der Waals surface area contributed by atoms with Gasteiger partial charge in [0.05, 0.1) is 22.4 Å². The zero-order valence-electron chi connectivity index (χ0n) is 34.0. The van der Waals surface area contributed by atoms with Crippen molar-refractivity contribution in [1.82, 2.24) is 4.57 Å². The molecule has 0 amide bonds. The van der Waals surface area contributed by atoms with Crippen molar-refractivity contribution in [1.29, 1.82) is 0 Å². The molecule has 0 bridgehead atoms. The Balaban J connectivity index is 0.950. The van der Waals surface area contributed by atoms with Crippen LogP contribution in [0.15, 0.2) is 212 Å². The molecule has 0 spiro atoms. The zero-order chi connectivity index (χ0) is 40.7. The highest BCUT2D eigenvalue weighted by molar-refractivity contribution is 6.09. The number of anilines is 6. The third-order valence-electron chi connectivity index (χ3n) is 12.8. The lowest BCUT2D eigenvalue weighted by atomic mass is 9.82. The van der Waals surface area contributed by atoms with Crippen molar-refractivity contribution in [2.24, 2.45) is 0 Å². The molecule has 0 unspecified atom stereocenters. The summed E-state index contributed by atoms with van der Waals surface area (Å²) in [6.07, 6.45) is 0. The summed E-state index contributed by atoms with van der Waals surface area (Å²) in [5.74, 6) is 1.67. The van der Waals surface area contributed by atoms with Crippen molar-refractivity contribution in [2.75, 3.05) is 9.80 Å². The molecule has 0 saturated carbocycles. The van der Waals surface area contributed by atoms with E-state index in [4.69, 9.17) is 4.74 Å². The second-order valence-electron chi connectivity index (χ2n) is 16.6. The molecule has 4 heteroatoms. The zero-order valence-corrected chi connectivity index (χ0v) is 34.0. The van der Waals surface area contributed by atoms with E-state index in [1.54, 1.807) is 0 Å². The maximum Gasteiger partial charge on any atom is 0.152 e. The van der Waals surface area contributed by atoms with E-state index in [0.29, 0.717) is 0 Å². The third-order valence-corrected chi connectivity index (χ3v) is 12.8. The number of rotatable bonds is 6. The van der Waals surface area contributed by atoms with Gasteiger partial charge in [0, 0.05) is 44.6 Å². The fraction of sp³-hybridized carbons (Fsp3) is 0.0526. The van der Waals surface area contributed by atoms with Gasteiger partial charge in [0.15, 0.2) is 11.5 Å². The van der Waals surface area contributed by atoms with Gasteiger partial charge >= 0.3 is 0 Å². The quantitative estimate of drug-likeness (QED) is 0.168. The molecule has 12 rings (SSSR count). The van der Waals surface area contributed by atoms with Gasteiger partial charge in [-0.1, -0.05) is 129 Å². The van der Waals surface area contributed by atoms with Crippen LogP contribution in [-0.2, 0) is 5.41 Å². The standard InChI is InChI=1S/C57H41N3O/c1-57(2)49-19-9-6-16-45(49)46-34-33-44(37-50(46)57)58(42-29-31-43(32-30-42)59-51-20-10-7-17-47(51)48-18-8-11-21-52(48)59)41-27-24-38(25-28-41)39-26-35-54-56(36-39)61-55-23-13-12-22-53(55)60(54)40-14-4-3-5-15-40/h3-37H,1-2H3. The van der Waals surface area contributed by atoms with Crippen LogP contribution in [0.2, 0.25) is 0 Å². The Hall–Kier alpha value is -7.82. The van der Waals surface area contributed by atoms with Crippen LogP contribution in [0.5, 0.6) is 11.5 Å². The molecule has 0 N–H and O–H groups in total. The first-order valence-corrected chi connectivity index (χ1v) is 21.0. The Bertz CT molecular complexity index is 3250. The summed E-state index contributed by atoms with van der Waals surface area (Å²) in [4.78, 5) is 4.67. The summed E-state index contributed by atoms with van der Waals surface area (Å²) in [5.41, 5.74) is 17.4. The summed E-state index contributed by atoms with van der Waals surface area (Å²) in [6.45, 7) is 4.70. The number of hydrogen-bond acceptors (Lipinski definition) is 3. The summed E-state index contributed by atoms with van der Waals surface area (Å²) >= 11 is 0. The molecule has 2 aliphatic rings. The van der Waals surface area contributed by atoms with Gasteiger partial charge in [0.25, 0.3) is 0 Å². The van der Waals surface area contributed by atoms with E-state index in [2.05, 4.69) is 228 Å². The van der Waals surface area contributed by atoms with Gasteiger partial charge in [0.2, 0.25) is 0 Å². The number of nitrogens with zero attached hydrogens (tertiary/aromatic N) is 3. The molecule has 10 aromatic rings. The van der Waals surface area contributed by atoms with E-state index < -0.39 is 0 Å². The average Bonchev–Trinajstić information content (AvgIpc) is 3.77. The number of aromatic nitrogens is 1. The first-order chi connectivity index (χ1) is 30.0. The Morgan fingerprint density at radius 2 is 0.984 bits per heavy atom. The minimum atomic E-state index is -0.122. The average molecular weight is 784 g/mol. The Kier molecular flexibility index (Phi) is 7.85. The van der Waals surface area contributed by atoms with E-state index in [1.165, 1.54) is 44.1 Å². The van der Waals surface area contributed by atoms with Crippen LogP contribution in [0.1, 0.15) is 25.0 Å². The normalized spacial score (nSPS) is 13.3. The second-order valence-corrected chi connectivity index (χ2v) is 16.6. The van der Waals surface area contributed by atoms with Crippen LogP contribution < -0.4 is 14.5 Å². The fourth-order valence-corrected chi connectivity index (χ4v) is 9.82. The van der Waals surface area contributed by atoms with Crippen molar-refractivity contribution in [3.8, 4) is 39.4 Å². The third kappa shape index (κ3) is 5.53. The molecule has 0 saturated heterocycles. The maximum absolute atomic E-state index is 6.58. The SMILES string of the molecule is CC1(C)c2ccccc2-c2ccc(N(c3ccc(-c4ccc5c(c4)Oc4ccccc4N5c4ccccc4)cc3)c3ccc(-n4c5ccccc5c5ccccc54)cc3)cc21. The number of hydrogen-bond donors (Lipinski definition) is 0. The summed E-state index contributed by atoms with van der Waals surface area (Å²) < 4.78 is 8.96. The number of para-hydroxylation sites is 5. The van der Waals surface area contributed by atoms with Crippen LogP contribution in [0.3, 0.4) is 0 Å². The molecular weight excluding hydrogens is 743 g/mol. The summed E-state index contributed by atoms with van der Waals surface area (Å²) in [7, 11) is 0. The Morgan fingerprint density at radius 1 is 0.410 bits per heavy atom. The van der Waals surface area contributed by atoms with E-state index in [0.717, 1.165) is 62.4 Å². The predicted molar refractivity (Wildman–Crippen MR) is 253 cm³/mol. The minimum Gasteiger partial charge on any atom is -0.453 e. The largest absolute Gasteiger partial charge is 0.453 e. The highest BCUT2D eigenvalue weighted by Gasteiger charge is 2.36. The summed E-state index contributed by atoms with van der Waals surface area (Å²) in [6, 6.07) is 76.5. The van der Waals surface area contributed by atoms with Crippen molar-refractivity contribution >= 4 is 55.9 Å². The van der Waals surface area contributed by atoms with Gasteiger partial charge < -0.3 is 19.1 Å². The first-order valence-electron chi connectivity index (χ1n) is 21.0. The van der Waals surface area contributed by atoms with E-state index >= 15 is 0 Å². The topological polar surface area (TPSA) is 20.6 Å². The van der Waals surface area contributed by atoms with E-state index in [-0.39, 0.29) is 5.41 Å². The van der Waals surface area contributed by atoms with Crippen molar-refractivity contribution in [2.45, 2.75) is 19.3 Å². The highest BCUT2D eigenvalue weighted by atomic mass is 16.5. The molecule has 4 nitrogen and oxygen atoms in total. The molecule has 0 fully saturated rings. The Labute approximate surface area is 355 Å². The van der Waals surface area contributed by atoms with Gasteiger partial charge in [-0.15, -0.1) is 0 Å². The molecule has 0 radical (unpaired) electrons. The maximum atomic E-state index is 6.58. The molecule has 1 aromatic heterocycles. The fourth-order valence-electron chi connectivity index (χ4n) is 9.82. The van der Waals surface area contributed by atoms with Crippen LogP contribution in [0, 0.1) is 0 Å². The smallest absolute Gasteiger partial charge is 0.152 e. The van der Waals surface area contributed by atoms with Crippen molar-refractivity contribution in [3.05, 3.63) is 223 Å². The molecule has 290 valence electrons. The van der Waals surface area contributed by atoms with E-state index in [9.17, 15) is 0 Å². The van der Waals surface area contributed by atoms with Gasteiger partial charge in [0.1, 0.15) is 0 Å². The van der Waals surface area contributed by atoms with Crippen LogP contribution in [-0.4, -0.2) is 4.57 Å². The molecule has 2 heterocycles. The highest BCUT2D eigenvalue weighted by Crippen LogP contribution is 2.53. The number of ether oxygens (including phenoxy) is 1. The lowest BCUT2D eigenvalue weighted by Gasteiger charge is -2.33. The molecule has 1 aliphatic carbocycles. The van der Waals surface area contributed by atoms with Crippen LogP contribution in [0.25, 0.3) is 49.7 Å². The number of fused-ring (bicyclic) bond motifs is 8. The molecule has 1 aliphatic heterocycles. The van der Waals surface area contributed by atoms with Gasteiger partial charge in [-0.2, -0.15) is 0 Å². The molecule has 61 heavy (non-hydrogen) atoms. The van der Waals surface area contributed by atoms with Gasteiger partial charge in [-0.05, 0) is 130 Å². The number of benzene rings is 9. The summed E-state index contributed by atoms with van der Waals surface area (Å²) in [5, 5.41) is 2.52. The molecule has 9 aromatic carbocycles. The molecule has 0 atom stereocenters. The van der Waals surface area contributed by atoms with Gasteiger partial charge in [-0.25, -0.2) is 0 Å². The second kappa shape index (κ2) is 13.6. The monoisotopic (exact) mass is 783 g/mol. The first kappa shape index (κ1) is 35.2. The van der Waals surface area contributed by atoms with Crippen LogP contribution >= 0.6 is 0 Å². The Morgan fingerprint density at radius 3 is 1.74 bits per heavy atom. The van der Waals surface area contributed by atoms with Gasteiger partial charge in [-0.3, -0.25) is 0 Å². The lowest BCUT2D eigenvalue weighted by Crippen LogP contribution is -2.16. The minimum absolute atomic E-state index is 0.122. The van der Waals surface area contributed by atoms with Crippen molar-refractivity contribution in [3.63, 3.8) is 0 Å². The van der Waals surface area contributed by atoms with Crippen molar-refractivity contribution < 1.29 is 4.74 Å².